The van der Waals surface area contributed by atoms with Crippen molar-refractivity contribution in [2.45, 2.75) is 42.1 Å². The average Bonchev–Trinajstić information content (AvgIpc) is 2.25. The first-order valence-electron chi connectivity index (χ1n) is 4.47. The fourth-order valence-corrected chi connectivity index (χ4v) is 0.931. The van der Waals surface area contributed by atoms with E-state index in [4.69, 9.17) is 5.11 Å². The topological polar surface area (TPSA) is 20.2 Å². The number of alkyl halides is 14. The lowest BCUT2D eigenvalue weighted by atomic mass is 9.94. The summed E-state index contributed by atoms with van der Waals surface area (Å²) in [6, 6.07) is 0. The summed E-state index contributed by atoms with van der Waals surface area (Å²) < 4.78 is 171. The predicted octanol–water partition coefficient (Wildman–Crippen LogP) is 4.01. The summed E-state index contributed by atoms with van der Waals surface area (Å²) in [4.78, 5) is 0. The molecule has 1 atom stereocenters. The van der Waals surface area contributed by atoms with Gasteiger partial charge in [0, 0.05) is 0 Å². The molecule has 1 N–H and O–H groups in total. The molecule has 0 aromatic heterocycles. The number of hydrogen-bond acceptors (Lipinski definition) is 1. The second kappa shape index (κ2) is 4.99. The predicted molar refractivity (Wildman–Crippen MR) is 37.9 cm³/mol. The summed E-state index contributed by atoms with van der Waals surface area (Å²) in [7, 11) is 0. The molecule has 0 fully saturated rings. The molecule has 0 bridgehead atoms. The van der Waals surface area contributed by atoms with Gasteiger partial charge in [-0.3, -0.25) is 0 Å². The Balaban J connectivity index is 6.24. The number of aliphatic hydroxyl groups excluding tert-OH is 1. The van der Waals surface area contributed by atoms with Crippen molar-refractivity contribution in [3.8, 4) is 0 Å². The molecule has 0 saturated heterocycles. The molecule has 0 aromatic carbocycles. The van der Waals surface area contributed by atoms with Gasteiger partial charge in [0.1, 0.15) is 0 Å². The van der Waals surface area contributed by atoms with Crippen LogP contribution in [0.3, 0.4) is 0 Å². The Bertz CT molecular complexity index is 406. The lowest BCUT2D eigenvalue weighted by Crippen LogP contribution is -2.71. The van der Waals surface area contributed by atoms with Gasteiger partial charge in [-0.05, 0) is 0 Å². The van der Waals surface area contributed by atoms with Crippen LogP contribution in [0.25, 0.3) is 0 Å². The van der Waals surface area contributed by atoms with Crippen LogP contribution in [0, 0.1) is 0 Å². The molecule has 1 unspecified atom stereocenters. The van der Waals surface area contributed by atoms with E-state index in [2.05, 4.69) is 0 Å². The van der Waals surface area contributed by atoms with Crippen molar-refractivity contribution in [1.82, 2.24) is 0 Å². The normalized spacial score (nSPS) is 17.6. The number of aliphatic hydroxyl groups is 1. The highest BCUT2D eigenvalue weighted by Crippen LogP contribution is 2.60. The van der Waals surface area contributed by atoms with Crippen molar-refractivity contribution in [3.05, 3.63) is 0 Å². The quantitative estimate of drug-likeness (QED) is 0.728. The first kappa shape index (κ1) is 21.0. The Morgan fingerprint density at radius 1 is 0.500 bits per heavy atom. The van der Waals surface area contributed by atoms with Crippen LogP contribution in [-0.4, -0.2) is 47.3 Å². The second-order valence-corrected chi connectivity index (χ2v) is 3.75. The smallest absolute Gasteiger partial charge is 0.359 e. The highest BCUT2D eigenvalue weighted by atomic mass is 19.4. The number of rotatable bonds is 5. The van der Waals surface area contributed by atoms with Crippen LogP contribution in [0.5, 0.6) is 0 Å². The SMILES string of the molecule is OC(F)C(F)(F)C(F)(F)C(F)(F)C(F)(F)C(F)(F)C(F)(F)F. The van der Waals surface area contributed by atoms with Crippen LogP contribution < -0.4 is 0 Å². The molecule has 22 heavy (non-hydrogen) atoms. The Morgan fingerprint density at radius 2 is 0.773 bits per heavy atom. The molecule has 1 nitrogen and oxygen atoms in total. The maximum absolute atomic E-state index is 12.6. The van der Waals surface area contributed by atoms with Gasteiger partial charge in [-0.25, -0.2) is 4.39 Å². The van der Waals surface area contributed by atoms with Crippen LogP contribution in [0.2, 0.25) is 0 Å². The molecule has 0 aliphatic rings. The van der Waals surface area contributed by atoms with E-state index >= 15 is 0 Å². The van der Waals surface area contributed by atoms with Crippen LogP contribution >= 0.6 is 0 Å². The van der Waals surface area contributed by atoms with Crippen LogP contribution in [0.15, 0.2) is 0 Å². The molecule has 0 heterocycles. The van der Waals surface area contributed by atoms with Crippen LogP contribution in [-0.2, 0) is 0 Å². The maximum atomic E-state index is 12.6. The minimum absolute atomic E-state index is 5.26. The molecule has 0 amide bonds. The standard InChI is InChI=1S/C7H2F14O/c8-1(22)2(9,10)3(11,12)4(13,14)5(15,16)6(17,18)7(19,20)21/h1,22H. The van der Waals surface area contributed by atoms with Crippen molar-refractivity contribution >= 4 is 0 Å². The van der Waals surface area contributed by atoms with Gasteiger partial charge >= 0.3 is 35.8 Å². The third-order valence-corrected chi connectivity index (χ3v) is 2.26. The second-order valence-electron chi connectivity index (χ2n) is 3.75. The van der Waals surface area contributed by atoms with Gasteiger partial charge < -0.3 is 5.11 Å². The van der Waals surface area contributed by atoms with Crippen LogP contribution in [0.4, 0.5) is 61.5 Å². The van der Waals surface area contributed by atoms with E-state index in [1.807, 2.05) is 0 Å². The number of halogens is 14. The largest absolute Gasteiger partial charge is 0.460 e. The third kappa shape index (κ3) is 2.46. The van der Waals surface area contributed by atoms with Gasteiger partial charge in [-0.15, -0.1) is 0 Å². The van der Waals surface area contributed by atoms with Gasteiger partial charge in [-0.1, -0.05) is 0 Å². The molecular formula is C7H2F14O. The molecule has 0 aliphatic heterocycles. The van der Waals surface area contributed by atoms with E-state index in [0.717, 1.165) is 0 Å². The summed E-state index contributed by atoms with van der Waals surface area (Å²) in [5.41, 5.74) is 0. The highest BCUT2D eigenvalue weighted by molar-refractivity contribution is 5.10. The zero-order valence-electron chi connectivity index (χ0n) is 9.32. The Kier molecular flexibility index (Phi) is 4.76. The molecule has 0 aliphatic carbocycles. The van der Waals surface area contributed by atoms with Crippen LogP contribution in [0.1, 0.15) is 0 Å². The number of hydrogen-bond donors (Lipinski definition) is 1. The van der Waals surface area contributed by atoms with Gasteiger partial charge in [0.2, 0.25) is 0 Å². The zero-order chi connectivity index (χ0) is 18.6. The van der Waals surface area contributed by atoms with E-state index in [1.54, 1.807) is 0 Å². The Hall–Kier alpha value is -1.02. The van der Waals surface area contributed by atoms with Crippen molar-refractivity contribution in [2.75, 3.05) is 0 Å². The van der Waals surface area contributed by atoms with E-state index in [1.165, 1.54) is 0 Å². The Labute approximate surface area is 110 Å². The summed E-state index contributed by atoms with van der Waals surface area (Å²) in [5, 5.41) is 7.52. The molecule has 0 radical (unpaired) electrons. The first-order valence-corrected chi connectivity index (χ1v) is 4.47. The summed E-state index contributed by atoms with van der Waals surface area (Å²) in [6.07, 6.45) is -12.8. The van der Waals surface area contributed by atoms with E-state index < -0.39 is 42.1 Å². The summed E-state index contributed by atoms with van der Waals surface area (Å²) >= 11 is 0. The molecule has 0 saturated carbocycles. The Morgan fingerprint density at radius 3 is 1.00 bits per heavy atom. The minimum atomic E-state index is -8.10. The first-order chi connectivity index (χ1) is 9.19. The van der Waals surface area contributed by atoms with Gasteiger partial charge in [-0.2, -0.15) is 57.1 Å². The summed E-state index contributed by atoms with van der Waals surface area (Å²) in [5.74, 6) is -39.0. The van der Waals surface area contributed by atoms with Crippen molar-refractivity contribution in [1.29, 1.82) is 0 Å². The van der Waals surface area contributed by atoms with Gasteiger partial charge in [0.25, 0.3) is 6.36 Å². The molecule has 0 rings (SSSR count). The van der Waals surface area contributed by atoms with Crippen molar-refractivity contribution in [3.63, 3.8) is 0 Å². The molecule has 134 valence electrons. The van der Waals surface area contributed by atoms with E-state index in [0.29, 0.717) is 0 Å². The lowest BCUT2D eigenvalue weighted by Gasteiger charge is -2.39. The zero-order valence-corrected chi connectivity index (χ0v) is 9.32. The molecule has 0 spiro atoms. The van der Waals surface area contributed by atoms with Crippen molar-refractivity contribution in [2.24, 2.45) is 0 Å². The molecule has 0 aromatic rings. The maximum Gasteiger partial charge on any atom is 0.460 e. The lowest BCUT2D eigenvalue weighted by molar-refractivity contribution is -0.447. The minimum Gasteiger partial charge on any atom is -0.359 e. The van der Waals surface area contributed by atoms with Crippen molar-refractivity contribution < 1.29 is 66.6 Å². The monoisotopic (exact) mass is 368 g/mol. The van der Waals surface area contributed by atoms with Gasteiger partial charge in [0.05, 0.1) is 0 Å². The van der Waals surface area contributed by atoms with E-state index in [9.17, 15) is 61.5 Å². The third-order valence-electron chi connectivity index (χ3n) is 2.26. The fraction of sp³-hybridized carbons (Fsp3) is 1.00. The molecular weight excluding hydrogens is 366 g/mol. The fourth-order valence-electron chi connectivity index (χ4n) is 0.931. The van der Waals surface area contributed by atoms with E-state index in [-0.39, 0.29) is 0 Å². The average molecular weight is 368 g/mol. The van der Waals surface area contributed by atoms with Gasteiger partial charge in [0.15, 0.2) is 0 Å². The highest BCUT2D eigenvalue weighted by Gasteiger charge is 2.91. The summed E-state index contributed by atoms with van der Waals surface area (Å²) in [6.45, 7) is 0. The molecule has 15 heteroatoms.